The Morgan fingerprint density at radius 2 is 2.17 bits per heavy atom. The number of aliphatic hydroxyl groups is 2. The van der Waals surface area contributed by atoms with Crippen LogP contribution in [0.25, 0.3) is 10.4 Å². The molecule has 124 valence electrons. The van der Waals surface area contributed by atoms with Gasteiger partial charge in [-0.05, 0) is 5.53 Å². The number of aromatic nitrogens is 2. The number of ether oxygens (including phenoxy) is 1. The minimum Gasteiger partial charge on any atom is -0.390 e. The molecule has 1 fully saturated rings. The third-order valence-electron chi connectivity index (χ3n) is 3.56. The molecule has 1 aliphatic rings. The molecule has 0 saturated carbocycles. The molecule has 1 aromatic heterocycles. The fourth-order valence-corrected chi connectivity index (χ4v) is 2.37. The zero-order valence-corrected chi connectivity index (χ0v) is 12.1. The average Bonchev–Trinajstić information content (AvgIpc) is 2.52. The number of hydrogen-bond acceptors (Lipinski definition) is 7. The van der Waals surface area contributed by atoms with E-state index in [1.54, 1.807) is 6.92 Å². The van der Waals surface area contributed by atoms with Crippen LogP contribution in [0.5, 0.6) is 0 Å². The minimum atomic E-state index is -1.64. The average molecular weight is 325 g/mol. The molecule has 1 saturated heterocycles. The molecule has 2 heterocycles. The molecule has 0 aliphatic carbocycles. The second-order valence-corrected chi connectivity index (χ2v) is 4.96. The first-order valence-corrected chi connectivity index (χ1v) is 6.80. The molecule has 0 radical (unpaired) electrons. The van der Waals surface area contributed by atoms with Crippen LogP contribution in [-0.4, -0.2) is 49.9 Å². The minimum absolute atomic E-state index is 0.0399. The van der Waals surface area contributed by atoms with Gasteiger partial charge in [-0.15, -0.1) is 0 Å². The quantitative estimate of drug-likeness (QED) is 0.357. The van der Waals surface area contributed by atoms with Crippen LogP contribution in [-0.2, 0) is 9.53 Å². The topological polar surface area (TPSA) is 170 Å². The lowest BCUT2D eigenvalue weighted by Gasteiger charge is -2.40. The Morgan fingerprint density at radius 3 is 2.74 bits per heavy atom. The second kappa shape index (κ2) is 6.75. The van der Waals surface area contributed by atoms with Gasteiger partial charge in [0.1, 0.15) is 12.2 Å². The standard InChI is InChI=1S/C12H15N5O6/c1-2-5(18)10-7(15-16-13)8(20)9(21)11(23-10)17-4-3-6(19)14-12(17)22/h3-4,7-11,20-21H,2H2,1H3,(H,14,19,22). The normalized spacial score (nSPS) is 30.5. The molecule has 0 amide bonds. The monoisotopic (exact) mass is 325 g/mol. The molecule has 5 unspecified atom stereocenters. The van der Waals surface area contributed by atoms with Crippen molar-refractivity contribution in [2.45, 2.75) is 43.9 Å². The summed E-state index contributed by atoms with van der Waals surface area (Å²) in [5, 5.41) is 23.6. The molecule has 2 rings (SSSR count). The molecule has 5 atom stereocenters. The summed E-state index contributed by atoms with van der Waals surface area (Å²) in [7, 11) is 0. The largest absolute Gasteiger partial charge is 0.390 e. The maximum atomic E-state index is 12.0. The zero-order valence-electron chi connectivity index (χ0n) is 12.1. The number of Topliss-reactive ketones (excluding diaryl/α,β-unsaturated/α-hetero) is 1. The van der Waals surface area contributed by atoms with E-state index in [9.17, 15) is 24.6 Å². The Hall–Kier alpha value is -2.46. The van der Waals surface area contributed by atoms with Crippen molar-refractivity contribution in [1.29, 1.82) is 0 Å². The summed E-state index contributed by atoms with van der Waals surface area (Å²) in [5.41, 5.74) is 7.03. The molecule has 11 nitrogen and oxygen atoms in total. The van der Waals surface area contributed by atoms with E-state index < -0.39 is 47.6 Å². The summed E-state index contributed by atoms with van der Waals surface area (Å²) in [5.74, 6) is -0.462. The number of hydrogen-bond donors (Lipinski definition) is 3. The third-order valence-corrected chi connectivity index (χ3v) is 3.56. The van der Waals surface area contributed by atoms with Crippen molar-refractivity contribution in [1.82, 2.24) is 9.55 Å². The number of azide groups is 1. The van der Waals surface area contributed by atoms with Gasteiger partial charge < -0.3 is 14.9 Å². The molecule has 23 heavy (non-hydrogen) atoms. The van der Waals surface area contributed by atoms with E-state index in [1.165, 1.54) is 0 Å². The number of nitrogens with one attached hydrogen (secondary N) is 1. The van der Waals surface area contributed by atoms with Gasteiger partial charge in [0.25, 0.3) is 5.56 Å². The number of nitrogens with zero attached hydrogens (tertiary/aromatic N) is 4. The molecular weight excluding hydrogens is 310 g/mol. The maximum Gasteiger partial charge on any atom is 0.330 e. The summed E-state index contributed by atoms with van der Waals surface area (Å²) < 4.78 is 6.26. The zero-order chi connectivity index (χ0) is 17.1. The SMILES string of the molecule is CCC(=O)C1OC(n2ccc(=O)[nH]c2=O)C(O)C(O)C1N=[N+]=[N-]. The van der Waals surface area contributed by atoms with Crippen molar-refractivity contribution in [3.8, 4) is 0 Å². The molecule has 3 N–H and O–H groups in total. The van der Waals surface area contributed by atoms with E-state index in [2.05, 4.69) is 10.0 Å². The van der Waals surface area contributed by atoms with Gasteiger partial charge in [0, 0.05) is 23.6 Å². The van der Waals surface area contributed by atoms with Crippen LogP contribution in [0, 0.1) is 0 Å². The fourth-order valence-electron chi connectivity index (χ4n) is 2.37. The van der Waals surface area contributed by atoms with Crippen LogP contribution < -0.4 is 11.2 Å². The van der Waals surface area contributed by atoms with Crippen molar-refractivity contribution in [2.24, 2.45) is 5.11 Å². The van der Waals surface area contributed by atoms with Gasteiger partial charge in [-0.25, -0.2) is 4.79 Å². The van der Waals surface area contributed by atoms with Gasteiger partial charge in [-0.1, -0.05) is 12.0 Å². The number of aromatic amines is 1. The summed E-state index contributed by atoms with van der Waals surface area (Å²) in [6.07, 6.45) is -4.89. The van der Waals surface area contributed by atoms with E-state index in [1.807, 2.05) is 4.98 Å². The summed E-state index contributed by atoms with van der Waals surface area (Å²) in [4.78, 5) is 39.4. The van der Waals surface area contributed by atoms with Crippen LogP contribution >= 0.6 is 0 Å². The van der Waals surface area contributed by atoms with Gasteiger partial charge in [0.05, 0.1) is 12.1 Å². The Kier molecular flexibility index (Phi) is 4.96. The Bertz CT molecular complexity index is 751. The summed E-state index contributed by atoms with van der Waals surface area (Å²) in [6, 6.07) is -0.294. The second-order valence-electron chi connectivity index (χ2n) is 4.96. The number of carbonyl (C=O) groups excluding carboxylic acids is 1. The summed E-state index contributed by atoms with van der Waals surface area (Å²) in [6.45, 7) is 1.55. The number of rotatable bonds is 4. The van der Waals surface area contributed by atoms with E-state index in [-0.39, 0.29) is 6.42 Å². The van der Waals surface area contributed by atoms with Crippen molar-refractivity contribution < 1.29 is 19.7 Å². The fraction of sp³-hybridized carbons (Fsp3) is 0.583. The molecule has 0 bridgehead atoms. The number of aliphatic hydroxyl groups excluding tert-OH is 2. The van der Waals surface area contributed by atoms with Crippen LogP contribution in [0.2, 0.25) is 0 Å². The smallest absolute Gasteiger partial charge is 0.330 e. The molecular formula is C12H15N5O6. The van der Waals surface area contributed by atoms with Gasteiger partial charge in [0.15, 0.2) is 12.0 Å². The van der Waals surface area contributed by atoms with Crippen molar-refractivity contribution in [3.63, 3.8) is 0 Å². The number of H-pyrrole nitrogens is 1. The van der Waals surface area contributed by atoms with E-state index >= 15 is 0 Å². The molecule has 0 spiro atoms. The van der Waals surface area contributed by atoms with Crippen LogP contribution in [0.15, 0.2) is 27.0 Å². The highest BCUT2D eigenvalue weighted by molar-refractivity contribution is 5.83. The third kappa shape index (κ3) is 3.17. The maximum absolute atomic E-state index is 12.0. The summed E-state index contributed by atoms with van der Waals surface area (Å²) >= 11 is 0. The highest BCUT2D eigenvalue weighted by atomic mass is 16.5. The molecule has 0 aromatic carbocycles. The van der Waals surface area contributed by atoms with Crippen LogP contribution in [0.1, 0.15) is 19.6 Å². The highest BCUT2D eigenvalue weighted by Gasteiger charge is 2.47. The lowest BCUT2D eigenvalue weighted by molar-refractivity contribution is -0.207. The predicted octanol–water partition coefficient (Wildman–Crippen LogP) is -1.19. The lowest BCUT2D eigenvalue weighted by Crippen LogP contribution is -2.58. The highest BCUT2D eigenvalue weighted by Crippen LogP contribution is 2.30. The van der Waals surface area contributed by atoms with Crippen molar-refractivity contribution in [2.75, 3.05) is 0 Å². The van der Waals surface area contributed by atoms with E-state index in [0.29, 0.717) is 0 Å². The van der Waals surface area contributed by atoms with Gasteiger partial charge in [0.2, 0.25) is 0 Å². The first-order chi connectivity index (χ1) is 10.9. The number of carbonyl (C=O) groups is 1. The molecule has 1 aliphatic heterocycles. The Labute approximate surface area is 128 Å². The van der Waals surface area contributed by atoms with Gasteiger partial charge >= 0.3 is 5.69 Å². The lowest BCUT2D eigenvalue weighted by atomic mass is 9.92. The first-order valence-electron chi connectivity index (χ1n) is 6.80. The van der Waals surface area contributed by atoms with E-state index in [0.717, 1.165) is 16.8 Å². The molecule has 1 aromatic rings. The van der Waals surface area contributed by atoms with Gasteiger partial charge in [-0.3, -0.25) is 19.1 Å². The van der Waals surface area contributed by atoms with Gasteiger partial charge in [-0.2, -0.15) is 0 Å². The van der Waals surface area contributed by atoms with Crippen molar-refractivity contribution in [3.05, 3.63) is 43.5 Å². The molecule has 11 heteroatoms. The van der Waals surface area contributed by atoms with Crippen molar-refractivity contribution >= 4 is 5.78 Å². The number of ketones is 1. The Morgan fingerprint density at radius 1 is 1.48 bits per heavy atom. The Balaban J connectivity index is 2.46. The van der Waals surface area contributed by atoms with Crippen LogP contribution in [0.3, 0.4) is 0 Å². The first kappa shape index (κ1) is 16.9. The van der Waals surface area contributed by atoms with Crippen LogP contribution in [0.4, 0.5) is 0 Å². The van der Waals surface area contributed by atoms with E-state index in [4.69, 9.17) is 10.3 Å². The predicted molar refractivity (Wildman–Crippen MR) is 75.5 cm³/mol.